The molecule has 0 aliphatic rings. The lowest BCUT2D eigenvalue weighted by Gasteiger charge is -1.95. The molecule has 1 aromatic rings. The van der Waals surface area contributed by atoms with Gasteiger partial charge in [-0.3, -0.25) is 4.79 Å². The third-order valence-corrected chi connectivity index (χ3v) is 1.81. The maximum Gasteiger partial charge on any atom is 0.252 e. The first kappa shape index (κ1) is 8.34. The minimum absolute atomic E-state index is 0.396. The summed E-state index contributed by atoms with van der Waals surface area (Å²) in [7, 11) is 0.983. The molecule has 0 amide bonds. The number of benzene rings is 1. The second kappa shape index (κ2) is 3.58. The molecule has 56 valence electrons. The Morgan fingerprint density at radius 3 is 2.27 bits per heavy atom. The Hall–Kier alpha value is -0.755. The highest BCUT2D eigenvalue weighted by molar-refractivity contribution is 6.67. The Kier molecular flexibility index (Phi) is 2.72. The van der Waals surface area contributed by atoms with Crippen LogP contribution in [0.15, 0.2) is 24.3 Å². The Morgan fingerprint density at radius 1 is 1.36 bits per heavy atom. The predicted molar refractivity (Wildman–Crippen MR) is 49.3 cm³/mol. The van der Waals surface area contributed by atoms with Gasteiger partial charge in [0.05, 0.1) is 0 Å². The summed E-state index contributed by atoms with van der Waals surface area (Å²) in [6.07, 6.45) is 0. The van der Waals surface area contributed by atoms with Gasteiger partial charge in [0.15, 0.2) is 7.28 Å². The molecule has 1 aromatic carbocycles. The van der Waals surface area contributed by atoms with Crippen molar-refractivity contribution in [3.8, 4) is 0 Å². The molecular weight excluding hydrogens is 158 g/mol. The molecule has 11 heavy (non-hydrogen) atoms. The van der Waals surface area contributed by atoms with Crippen LogP contribution in [0.4, 0.5) is 0 Å². The van der Waals surface area contributed by atoms with Gasteiger partial charge in [-0.05, 0) is 11.6 Å². The second-order valence-electron chi connectivity index (χ2n) is 2.32. The van der Waals surface area contributed by atoms with Crippen molar-refractivity contribution in [2.75, 3.05) is 0 Å². The summed E-state index contributed by atoms with van der Waals surface area (Å²) in [4.78, 5) is 10.6. The van der Waals surface area contributed by atoms with E-state index in [0.29, 0.717) is 5.56 Å². The van der Waals surface area contributed by atoms with Gasteiger partial charge in [-0.15, -0.1) is 0 Å². The normalized spacial score (nSPS) is 9.27. The highest BCUT2D eigenvalue weighted by atomic mass is 35.5. The van der Waals surface area contributed by atoms with E-state index in [9.17, 15) is 4.79 Å². The Balaban J connectivity index is 2.91. The minimum Gasteiger partial charge on any atom is -0.276 e. The van der Waals surface area contributed by atoms with Crippen LogP contribution in [0, 0.1) is 0 Å². The van der Waals surface area contributed by atoms with Crippen LogP contribution in [0.5, 0.6) is 0 Å². The predicted octanol–water partition coefficient (Wildman–Crippen LogP) is 1.18. The van der Waals surface area contributed by atoms with E-state index in [1.807, 2.05) is 12.1 Å². The van der Waals surface area contributed by atoms with Crippen molar-refractivity contribution in [2.45, 2.75) is 6.82 Å². The van der Waals surface area contributed by atoms with Crippen molar-refractivity contribution in [3.63, 3.8) is 0 Å². The third kappa shape index (κ3) is 2.09. The van der Waals surface area contributed by atoms with Gasteiger partial charge in [-0.1, -0.05) is 36.6 Å². The molecule has 1 rings (SSSR count). The quantitative estimate of drug-likeness (QED) is 0.476. The van der Waals surface area contributed by atoms with Crippen LogP contribution in [0.25, 0.3) is 0 Å². The van der Waals surface area contributed by atoms with E-state index in [1.165, 1.54) is 5.46 Å². The first-order valence-corrected chi connectivity index (χ1v) is 3.90. The highest BCUT2D eigenvalue weighted by Gasteiger charge is 1.99. The zero-order valence-corrected chi connectivity index (χ0v) is 7.06. The van der Waals surface area contributed by atoms with Crippen molar-refractivity contribution >= 4 is 29.6 Å². The summed E-state index contributed by atoms with van der Waals surface area (Å²) in [5.41, 5.74) is 1.77. The van der Waals surface area contributed by atoms with Gasteiger partial charge < -0.3 is 0 Å². The molecule has 0 bridgehead atoms. The van der Waals surface area contributed by atoms with Crippen molar-refractivity contribution in [2.24, 2.45) is 0 Å². The maximum atomic E-state index is 10.6. The van der Waals surface area contributed by atoms with E-state index in [-0.39, 0.29) is 0 Å². The maximum absolute atomic E-state index is 10.6. The summed E-state index contributed by atoms with van der Waals surface area (Å²) < 4.78 is 0. The zero-order chi connectivity index (χ0) is 8.27. The van der Waals surface area contributed by atoms with Gasteiger partial charge in [-0.2, -0.15) is 0 Å². The fourth-order valence-electron chi connectivity index (χ4n) is 0.871. The summed E-state index contributed by atoms with van der Waals surface area (Å²) in [5.74, 6) is 0. The number of carbonyl (C=O) groups excluding carboxylic acids is 1. The number of halogens is 1. The van der Waals surface area contributed by atoms with Crippen LogP contribution < -0.4 is 5.46 Å². The molecule has 0 fully saturated rings. The number of hydrogen-bond acceptors (Lipinski definition) is 1. The van der Waals surface area contributed by atoms with E-state index in [2.05, 4.69) is 6.82 Å². The van der Waals surface area contributed by atoms with Crippen molar-refractivity contribution in [1.82, 2.24) is 0 Å². The topological polar surface area (TPSA) is 17.1 Å². The minimum atomic E-state index is -0.396. The molecule has 3 heteroatoms. The average molecular weight is 166 g/mol. The van der Waals surface area contributed by atoms with Gasteiger partial charge in [0, 0.05) is 5.56 Å². The van der Waals surface area contributed by atoms with E-state index in [4.69, 9.17) is 11.6 Å². The molecule has 0 atom stereocenters. The van der Waals surface area contributed by atoms with Crippen molar-refractivity contribution in [3.05, 3.63) is 29.8 Å². The van der Waals surface area contributed by atoms with Gasteiger partial charge in [0.1, 0.15) is 0 Å². The van der Waals surface area contributed by atoms with E-state index >= 15 is 0 Å². The van der Waals surface area contributed by atoms with Crippen LogP contribution in [-0.2, 0) is 0 Å². The summed E-state index contributed by atoms with van der Waals surface area (Å²) >= 11 is 5.26. The lowest BCUT2D eigenvalue weighted by molar-refractivity contribution is 0.108. The summed E-state index contributed by atoms with van der Waals surface area (Å²) in [6.45, 7) is 2.07. The van der Waals surface area contributed by atoms with Crippen LogP contribution >= 0.6 is 11.6 Å². The first-order valence-electron chi connectivity index (χ1n) is 3.53. The lowest BCUT2D eigenvalue weighted by atomic mass is 9.73. The zero-order valence-electron chi connectivity index (χ0n) is 6.30. The number of carbonyl (C=O) groups is 1. The third-order valence-electron chi connectivity index (χ3n) is 1.59. The number of hydrogen-bond donors (Lipinski definition) is 0. The smallest absolute Gasteiger partial charge is 0.252 e. The van der Waals surface area contributed by atoms with Crippen molar-refractivity contribution < 1.29 is 4.79 Å². The molecule has 0 aliphatic carbocycles. The molecule has 0 N–H and O–H groups in total. The van der Waals surface area contributed by atoms with Crippen LogP contribution in [0.2, 0.25) is 6.82 Å². The average Bonchev–Trinajstić information content (AvgIpc) is 2.05. The van der Waals surface area contributed by atoms with Crippen LogP contribution in [-0.4, -0.2) is 12.5 Å². The molecule has 0 heterocycles. The van der Waals surface area contributed by atoms with E-state index < -0.39 is 5.24 Å². The molecule has 0 unspecified atom stereocenters. The van der Waals surface area contributed by atoms with E-state index in [0.717, 1.165) is 7.28 Å². The summed E-state index contributed by atoms with van der Waals surface area (Å²) in [6, 6.07) is 7.31. The molecule has 0 saturated heterocycles. The first-order chi connectivity index (χ1) is 5.24. The Labute approximate surface area is 71.6 Å². The SMILES string of the molecule is CBc1ccc(C(=O)Cl)cc1. The molecule has 1 nitrogen and oxygen atoms in total. The number of rotatable bonds is 2. The van der Waals surface area contributed by atoms with Crippen LogP contribution in [0.1, 0.15) is 10.4 Å². The second-order valence-corrected chi connectivity index (χ2v) is 2.67. The standard InChI is InChI=1S/C8H8BClO/c1-9-7-4-2-6(3-5-7)8(10)11/h2-5,9H,1H3. The monoisotopic (exact) mass is 166 g/mol. The fraction of sp³-hybridized carbons (Fsp3) is 0.125. The van der Waals surface area contributed by atoms with E-state index in [1.54, 1.807) is 12.1 Å². The molecule has 0 spiro atoms. The molecule has 0 aromatic heterocycles. The van der Waals surface area contributed by atoms with Gasteiger partial charge in [0.25, 0.3) is 5.24 Å². The van der Waals surface area contributed by atoms with Gasteiger partial charge in [0.2, 0.25) is 0 Å². The molecule has 0 radical (unpaired) electrons. The summed E-state index contributed by atoms with van der Waals surface area (Å²) in [5, 5.41) is -0.396. The molecular formula is C8H8BClO. The highest BCUT2D eigenvalue weighted by Crippen LogP contribution is 2.00. The Bertz CT molecular complexity index is 255. The largest absolute Gasteiger partial charge is 0.276 e. The van der Waals surface area contributed by atoms with Crippen LogP contribution in [0.3, 0.4) is 0 Å². The molecule has 0 aliphatic heterocycles. The van der Waals surface area contributed by atoms with Gasteiger partial charge >= 0.3 is 0 Å². The lowest BCUT2D eigenvalue weighted by Crippen LogP contribution is -2.09. The molecule has 0 saturated carbocycles. The van der Waals surface area contributed by atoms with Gasteiger partial charge in [-0.25, -0.2) is 0 Å². The van der Waals surface area contributed by atoms with Crippen molar-refractivity contribution in [1.29, 1.82) is 0 Å². The Morgan fingerprint density at radius 2 is 1.91 bits per heavy atom. The fourth-order valence-corrected chi connectivity index (χ4v) is 0.997.